The van der Waals surface area contributed by atoms with Gasteiger partial charge in [0.05, 0.1) is 31.3 Å². The first-order valence-corrected chi connectivity index (χ1v) is 14.5. The Hall–Kier alpha value is -3.46. The number of amides is 2. The Kier molecular flexibility index (Phi) is 7.72. The molecule has 2 amide bonds. The third-order valence-electron chi connectivity index (χ3n) is 8.60. The molecule has 2 aromatic rings. The van der Waals surface area contributed by atoms with E-state index in [9.17, 15) is 19.5 Å². The fraction of sp³-hybridized carbons (Fsp3) is 0.406. The average Bonchev–Trinajstić information content (AvgIpc) is 3.37. The number of fused-ring (bicyclic) bond motifs is 2. The molecule has 2 fully saturated rings. The third kappa shape index (κ3) is 4.88. The smallest absolute Gasteiger partial charge is 0.312 e. The molecule has 0 aliphatic carbocycles. The van der Waals surface area contributed by atoms with Crippen molar-refractivity contribution in [2.24, 2.45) is 11.8 Å². The van der Waals surface area contributed by atoms with Crippen LogP contribution in [0, 0.1) is 11.8 Å². The zero-order valence-electron chi connectivity index (χ0n) is 22.6. The first-order valence-electron chi connectivity index (χ1n) is 14.2. The molecule has 0 radical (unpaired) electrons. The van der Waals surface area contributed by atoms with E-state index in [2.05, 4.69) is 0 Å². The molecule has 0 aromatic heterocycles. The van der Waals surface area contributed by atoms with Crippen LogP contribution in [-0.4, -0.2) is 71.3 Å². The summed E-state index contributed by atoms with van der Waals surface area (Å²) in [6.07, 6.45) is 9.45. The monoisotopic (exact) mass is 576 g/mol. The summed E-state index contributed by atoms with van der Waals surface area (Å²) in [6, 6.07) is 14.6. The maximum atomic E-state index is 14.6. The van der Waals surface area contributed by atoms with Gasteiger partial charge in [-0.05, 0) is 55.5 Å². The number of rotatable bonds is 5. The maximum absolute atomic E-state index is 14.6. The molecular formula is C32H33ClN2O6. The van der Waals surface area contributed by atoms with Gasteiger partial charge in [-0.3, -0.25) is 14.4 Å². The van der Waals surface area contributed by atoms with Crippen molar-refractivity contribution in [3.8, 4) is 0 Å². The van der Waals surface area contributed by atoms with E-state index in [0.717, 1.165) is 24.8 Å². The highest BCUT2D eigenvalue weighted by atomic mass is 35.5. The van der Waals surface area contributed by atoms with Crippen LogP contribution in [0.5, 0.6) is 0 Å². The van der Waals surface area contributed by atoms with Gasteiger partial charge in [-0.15, -0.1) is 0 Å². The number of benzene rings is 2. The molecular weight excluding hydrogens is 544 g/mol. The lowest BCUT2D eigenvalue weighted by Crippen LogP contribution is -2.58. The molecule has 6 rings (SSSR count). The molecule has 8 nitrogen and oxygen atoms in total. The Labute approximate surface area is 244 Å². The molecule has 4 aliphatic heterocycles. The van der Waals surface area contributed by atoms with Crippen LogP contribution in [0.15, 0.2) is 78.9 Å². The van der Waals surface area contributed by atoms with Crippen molar-refractivity contribution in [1.29, 1.82) is 0 Å². The molecule has 0 bridgehead atoms. The molecule has 1 spiro atoms. The molecule has 1 N–H and O–H groups in total. The molecule has 9 heteroatoms. The number of allylic oxidation sites excluding steroid dienone is 1. The first kappa shape index (κ1) is 27.7. The molecule has 2 aromatic carbocycles. The van der Waals surface area contributed by atoms with E-state index >= 15 is 0 Å². The molecule has 214 valence electrons. The Morgan fingerprint density at radius 2 is 1.78 bits per heavy atom. The molecule has 4 aliphatic rings. The number of carbonyl (C=O) groups is 3. The van der Waals surface area contributed by atoms with Crippen molar-refractivity contribution >= 4 is 35.1 Å². The number of carbonyl (C=O) groups excluding carboxylic acids is 3. The second-order valence-electron chi connectivity index (χ2n) is 11.0. The number of aliphatic hydroxyl groups excluding tert-OH is 1. The van der Waals surface area contributed by atoms with Crippen LogP contribution in [0.25, 0.3) is 0 Å². The number of ether oxygens (including phenoxy) is 2. The minimum absolute atomic E-state index is 0.245. The van der Waals surface area contributed by atoms with E-state index in [1.807, 2.05) is 48.6 Å². The van der Waals surface area contributed by atoms with Gasteiger partial charge in [0.1, 0.15) is 17.6 Å². The van der Waals surface area contributed by atoms with Crippen molar-refractivity contribution in [3.05, 3.63) is 89.5 Å². The number of likely N-dealkylation sites (tertiary alicyclic amines) is 1. The van der Waals surface area contributed by atoms with E-state index in [-0.39, 0.29) is 25.7 Å². The summed E-state index contributed by atoms with van der Waals surface area (Å²) < 4.78 is 12.3. The lowest BCUT2D eigenvalue weighted by atomic mass is 9.78. The summed E-state index contributed by atoms with van der Waals surface area (Å²) in [5.41, 5.74) is 0.125. The summed E-state index contributed by atoms with van der Waals surface area (Å²) in [5, 5.41) is 11.2. The summed E-state index contributed by atoms with van der Waals surface area (Å²) in [5.74, 6) is -3.14. The number of halogens is 1. The zero-order valence-corrected chi connectivity index (χ0v) is 23.4. The van der Waals surface area contributed by atoms with Crippen LogP contribution in [0.4, 0.5) is 5.69 Å². The van der Waals surface area contributed by atoms with Gasteiger partial charge >= 0.3 is 5.97 Å². The van der Waals surface area contributed by atoms with E-state index in [1.165, 1.54) is 4.90 Å². The number of nitrogens with zero attached hydrogens (tertiary/aromatic N) is 2. The van der Waals surface area contributed by atoms with Crippen LogP contribution in [0.1, 0.15) is 24.8 Å². The summed E-state index contributed by atoms with van der Waals surface area (Å²) in [7, 11) is 0. The summed E-state index contributed by atoms with van der Waals surface area (Å²) in [4.78, 5) is 45.7. The number of aliphatic hydroxyl groups is 1. The van der Waals surface area contributed by atoms with Gasteiger partial charge in [0.25, 0.3) is 5.91 Å². The predicted octanol–water partition coefficient (Wildman–Crippen LogP) is 3.71. The Morgan fingerprint density at radius 3 is 2.54 bits per heavy atom. The van der Waals surface area contributed by atoms with Crippen LogP contribution >= 0.6 is 11.6 Å². The van der Waals surface area contributed by atoms with Crippen molar-refractivity contribution in [2.75, 3.05) is 24.7 Å². The van der Waals surface area contributed by atoms with E-state index < -0.39 is 47.5 Å². The second kappa shape index (κ2) is 11.4. The summed E-state index contributed by atoms with van der Waals surface area (Å²) >= 11 is 6.13. The van der Waals surface area contributed by atoms with Gasteiger partial charge in [-0.2, -0.15) is 0 Å². The molecule has 1 unspecified atom stereocenters. The zero-order chi connectivity index (χ0) is 28.6. The fourth-order valence-electron chi connectivity index (χ4n) is 6.74. The van der Waals surface area contributed by atoms with Crippen molar-refractivity contribution < 1.29 is 29.0 Å². The van der Waals surface area contributed by atoms with Crippen molar-refractivity contribution in [3.63, 3.8) is 0 Å². The number of hydrogen-bond donors (Lipinski definition) is 1. The molecule has 4 heterocycles. The SMILES string of the molecule is O=C1OCCCC/C=C\[C@@H]2O[C@]34C=CCN(c5ccc(Cl)cc5)C(=O)C3N([C@@H](CO)Cc3ccccc3)C(=O)[C@@H]4[C@H]12. The Bertz CT molecular complexity index is 1360. The fourth-order valence-corrected chi connectivity index (χ4v) is 6.87. The van der Waals surface area contributed by atoms with Crippen molar-refractivity contribution in [1.82, 2.24) is 4.90 Å². The second-order valence-corrected chi connectivity index (χ2v) is 11.5. The molecule has 2 saturated heterocycles. The number of hydrogen-bond acceptors (Lipinski definition) is 6. The number of cyclic esters (lactones) is 1. The summed E-state index contributed by atoms with van der Waals surface area (Å²) in [6.45, 7) is 0.147. The van der Waals surface area contributed by atoms with Crippen LogP contribution in [-0.2, 0) is 30.3 Å². The van der Waals surface area contributed by atoms with Gasteiger partial charge in [0, 0.05) is 17.3 Å². The minimum Gasteiger partial charge on any atom is -0.465 e. The standard InChI is InChI=1S/C32H33ClN2O6/c33-22-12-14-23(15-13-22)34-17-8-16-32-27(26-25(41-32)11-6-1-2-7-18-40-31(26)39)29(37)35(28(32)30(34)38)24(20-36)19-21-9-4-3-5-10-21/h3-6,8-16,24-28,36H,1-2,7,17-20H2/b11-6-/t24-,25+,26-,27+,28?,32+/m1/s1. The van der Waals surface area contributed by atoms with E-state index in [4.69, 9.17) is 21.1 Å². The highest BCUT2D eigenvalue weighted by Crippen LogP contribution is 2.54. The Balaban J connectivity index is 1.47. The van der Waals surface area contributed by atoms with Crippen LogP contribution in [0.3, 0.4) is 0 Å². The lowest BCUT2D eigenvalue weighted by molar-refractivity contribution is -0.155. The van der Waals surface area contributed by atoms with Crippen LogP contribution < -0.4 is 4.90 Å². The molecule has 6 atom stereocenters. The van der Waals surface area contributed by atoms with Crippen LogP contribution in [0.2, 0.25) is 5.02 Å². The third-order valence-corrected chi connectivity index (χ3v) is 8.85. The van der Waals surface area contributed by atoms with Gasteiger partial charge in [-0.1, -0.05) is 66.2 Å². The predicted molar refractivity (Wildman–Crippen MR) is 153 cm³/mol. The molecule has 41 heavy (non-hydrogen) atoms. The molecule has 0 saturated carbocycles. The highest BCUT2D eigenvalue weighted by Gasteiger charge is 2.72. The quantitative estimate of drug-likeness (QED) is 0.431. The normalized spacial score (nSPS) is 31.1. The first-order chi connectivity index (χ1) is 19.9. The van der Waals surface area contributed by atoms with Crippen molar-refractivity contribution in [2.45, 2.75) is 49.5 Å². The highest BCUT2D eigenvalue weighted by molar-refractivity contribution is 6.30. The van der Waals surface area contributed by atoms with E-state index in [1.54, 1.807) is 35.2 Å². The van der Waals surface area contributed by atoms with Gasteiger partial charge in [0.2, 0.25) is 5.91 Å². The van der Waals surface area contributed by atoms with Gasteiger partial charge in [-0.25, -0.2) is 0 Å². The largest absolute Gasteiger partial charge is 0.465 e. The maximum Gasteiger partial charge on any atom is 0.312 e. The topological polar surface area (TPSA) is 96.4 Å². The minimum atomic E-state index is -1.41. The van der Waals surface area contributed by atoms with Gasteiger partial charge < -0.3 is 24.4 Å². The number of esters is 1. The number of anilines is 1. The Morgan fingerprint density at radius 1 is 1.00 bits per heavy atom. The van der Waals surface area contributed by atoms with Gasteiger partial charge in [0.15, 0.2) is 0 Å². The lowest BCUT2D eigenvalue weighted by Gasteiger charge is -2.38. The average molecular weight is 577 g/mol. The van der Waals surface area contributed by atoms with E-state index in [0.29, 0.717) is 17.1 Å².